The van der Waals surface area contributed by atoms with Crippen LogP contribution in [0.2, 0.25) is 0 Å². The molecular formula is C25H29F4IN5O2PS. The number of benzene rings is 1. The number of halogens is 5. The Bertz CT molecular complexity index is 1340. The van der Waals surface area contributed by atoms with E-state index in [9.17, 15) is 22.4 Å². The molecule has 1 amide bonds. The van der Waals surface area contributed by atoms with Crippen LogP contribution < -0.4 is 10.6 Å². The summed E-state index contributed by atoms with van der Waals surface area (Å²) < 4.78 is 61.3. The minimum atomic E-state index is -3.04. The number of hydrogen-bond donors (Lipinski definition) is 2. The van der Waals surface area contributed by atoms with Crippen molar-refractivity contribution in [3.63, 3.8) is 0 Å². The summed E-state index contributed by atoms with van der Waals surface area (Å²) in [5.41, 5.74) is 2.54. The van der Waals surface area contributed by atoms with Crippen LogP contribution in [-0.4, -0.2) is 45.6 Å². The molecule has 1 saturated heterocycles. The summed E-state index contributed by atoms with van der Waals surface area (Å²) in [6.45, 7) is 5.44. The molecule has 14 heteroatoms. The lowest BCUT2D eigenvalue weighted by Gasteiger charge is -2.23. The molecule has 3 aromatic rings. The lowest BCUT2D eigenvalue weighted by atomic mass is 9.93. The zero-order valence-electron chi connectivity index (χ0n) is 21.5. The van der Waals surface area contributed by atoms with Gasteiger partial charge in [-0.25, -0.2) is 27.5 Å². The molecule has 2 N–H and O–H groups in total. The Morgan fingerprint density at radius 1 is 1.26 bits per heavy atom. The van der Waals surface area contributed by atoms with Gasteiger partial charge in [0.25, 0.3) is 12.3 Å². The largest absolute Gasteiger partial charge is 0.381 e. The number of ether oxygens (including phenoxy) is 1. The van der Waals surface area contributed by atoms with Crippen LogP contribution in [0.25, 0.3) is 11.2 Å². The molecule has 1 aliphatic carbocycles. The van der Waals surface area contributed by atoms with E-state index in [1.807, 2.05) is 54.3 Å². The Labute approximate surface area is 243 Å². The van der Waals surface area contributed by atoms with E-state index in [2.05, 4.69) is 26.7 Å². The van der Waals surface area contributed by atoms with Gasteiger partial charge < -0.3 is 15.4 Å². The van der Waals surface area contributed by atoms with E-state index in [4.69, 9.17) is 4.74 Å². The summed E-state index contributed by atoms with van der Waals surface area (Å²) in [5.74, 6) is -5.48. The molecule has 0 spiro atoms. The first-order chi connectivity index (χ1) is 18.7. The number of alkyl halides is 4. The molecule has 2 aromatic heterocycles. The van der Waals surface area contributed by atoms with Crippen molar-refractivity contribution in [3.05, 3.63) is 35.7 Å². The van der Waals surface area contributed by atoms with Crippen LogP contribution in [0.5, 0.6) is 0 Å². The zero-order chi connectivity index (χ0) is 28.3. The quantitative estimate of drug-likeness (QED) is 0.107. The van der Waals surface area contributed by atoms with Crippen molar-refractivity contribution in [1.29, 1.82) is 0 Å². The van der Waals surface area contributed by atoms with Gasteiger partial charge in [0.2, 0.25) is 5.91 Å². The zero-order valence-corrected chi connectivity index (χ0v) is 25.5. The van der Waals surface area contributed by atoms with Crippen LogP contribution in [0.1, 0.15) is 56.8 Å². The van der Waals surface area contributed by atoms with Gasteiger partial charge in [0.05, 0.1) is 24.4 Å². The number of anilines is 3. The van der Waals surface area contributed by atoms with E-state index in [1.54, 1.807) is 0 Å². The number of nitrogens with one attached hydrogen (secondary N) is 2. The van der Waals surface area contributed by atoms with Gasteiger partial charge in [0.15, 0.2) is 11.5 Å². The van der Waals surface area contributed by atoms with Crippen molar-refractivity contribution in [3.8, 4) is 0 Å². The molecule has 1 aliphatic heterocycles. The number of hydrogen-bond acceptors (Lipinski definition) is 6. The number of fused-ring (bicyclic) bond motifs is 1. The molecule has 2 aliphatic rings. The topological polar surface area (TPSA) is 81.1 Å². The van der Waals surface area contributed by atoms with E-state index in [0.717, 1.165) is 35.6 Å². The summed E-state index contributed by atoms with van der Waals surface area (Å²) in [7, 11) is 0. The van der Waals surface area contributed by atoms with Crippen LogP contribution in [0.3, 0.4) is 0 Å². The number of carbonyl (C=O) groups excluding carboxylic acids is 1. The number of imidazole rings is 1. The Morgan fingerprint density at radius 3 is 2.59 bits per heavy atom. The number of thioether (sulfide) groups is 1. The van der Waals surface area contributed by atoms with Gasteiger partial charge in [-0.2, -0.15) is 0 Å². The smallest absolute Gasteiger partial charge is 0.295 e. The van der Waals surface area contributed by atoms with Crippen LogP contribution in [-0.2, 0) is 9.53 Å². The van der Waals surface area contributed by atoms with Crippen molar-refractivity contribution in [2.24, 2.45) is 5.92 Å². The highest BCUT2D eigenvalue weighted by atomic mass is 127. The highest BCUT2D eigenvalue weighted by Gasteiger charge is 2.61. The molecule has 212 valence electrons. The third-order valence-electron chi connectivity index (χ3n) is 6.44. The highest BCUT2D eigenvalue weighted by Crippen LogP contribution is 2.49. The Kier molecular flexibility index (Phi) is 9.98. The first kappa shape index (κ1) is 30.3. The highest BCUT2D eigenvalue weighted by molar-refractivity contribution is 14.2. The van der Waals surface area contributed by atoms with Crippen molar-refractivity contribution in [2.45, 2.75) is 56.3 Å². The summed E-state index contributed by atoms with van der Waals surface area (Å²) in [6.07, 6.45) is 0.473. The molecular weight excluding hydrogens is 668 g/mol. The van der Waals surface area contributed by atoms with Crippen LogP contribution in [0.4, 0.5) is 34.8 Å². The maximum Gasteiger partial charge on any atom is 0.295 e. The predicted molar refractivity (Wildman–Crippen MR) is 158 cm³/mol. The number of carbonyl (C=O) groups is 1. The third kappa shape index (κ3) is 6.62. The van der Waals surface area contributed by atoms with Gasteiger partial charge in [-0.05, 0) is 58.8 Å². The summed E-state index contributed by atoms with van der Waals surface area (Å²) in [6, 6.07) is 7.44. The minimum absolute atomic E-state index is 0.0130. The fourth-order valence-electron chi connectivity index (χ4n) is 4.38. The third-order valence-corrected chi connectivity index (χ3v) is 9.28. The summed E-state index contributed by atoms with van der Waals surface area (Å²) in [5, 5.41) is 5.69. The molecule has 7 nitrogen and oxygen atoms in total. The maximum absolute atomic E-state index is 13.8. The van der Waals surface area contributed by atoms with Gasteiger partial charge >= 0.3 is 0 Å². The Hall–Kier alpha value is -1.70. The van der Waals surface area contributed by atoms with E-state index in [-0.39, 0.29) is 23.4 Å². The molecule has 2 fully saturated rings. The maximum atomic E-state index is 13.8. The number of amides is 1. The number of pyridine rings is 1. The normalized spacial score (nSPS) is 20.2. The fraction of sp³-hybridized carbons (Fsp3) is 0.480. The molecule has 0 bridgehead atoms. The molecule has 39 heavy (non-hydrogen) atoms. The number of rotatable bonds is 8. The van der Waals surface area contributed by atoms with Crippen molar-refractivity contribution in [1.82, 2.24) is 14.3 Å². The SMILES string of the molecule is CC.CSc1cc(C2CCCOC2)ccc1Nc1cc(NC(=O)C2CC2(F)F)nc2c1nc(C(F)F)n2PI. The molecule has 1 saturated carbocycles. The Balaban J connectivity index is 0.00000172. The summed E-state index contributed by atoms with van der Waals surface area (Å²) in [4.78, 5) is 21.7. The Morgan fingerprint density at radius 2 is 2.00 bits per heavy atom. The molecule has 3 heterocycles. The van der Waals surface area contributed by atoms with Gasteiger partial charge in [0.1, 0.15) is 17.3 Å². The molecule has 5 rings (SSSR count). The lowest BCUT2D eigenvalue weighted by molar-refractivity contribution is -0.119. The van der Waals surface area contributed by atoms with Crippen molar-refractivity contribution >= 4 is 74.4 Å². The van der Waals surface area contributed by atoms with Crippen LogP contribution in [0.15, 0.2) is 29.2 Å². The van der Waals surface area contributed by atoms with Gasteiger partial charge in [-0.15, -0.1) is 11.8 Å². The average Bonchev–Trinajstić information content (AvgIpc) is 3.42. The lowest BCUT2D eigenvalue weighted by Crippen LogP contribution is -2.18. The van der Waals surface area contributed by atoms with E-state index in [0.29, 0.717) is 18.2 Å². The van der Waals surface area contributed by atoms with Crippen molar-refractivity contribution in [2.75, 3.05) is 30.1 Å². The van der Waals surface area contributed by atoms with Crippen molar-refractivity contribution < 1.29 is 27.1 Å². The number of aromatic nitrogens is 3. The predicted octanol–water partition coefficient (Wildman–Crippen LogP) is 8.14. The van der Waals surface area contributed by atoms with E-state index >= 15 is 0 Å². The fourth-order valence-corrected chi connectivity index (χ4v) is 6.87. The molecule has 3 unspecified atom stereocenters. The average molecular weight is 697 g/mol. The standard InChI is InChI=1S/C23H23F4IN5O2PS.C2H6/c1-37-16-7-11(12-3-2-6-35-10-12)4-5-14(16)29-15-8-17(31-22(34)13-9-23(13,26)27)30-20-18(15)32-21(19(24)25)33(20)36-28;1-2/h4-5,7-8,12-13,19,36H,2-3,6,9-10H2,1H3,(H2,29,30,31,34);1-2H3. The number of nitrogens with zero attached hydrogens (tertiary/aromatic N) is 3. The molecule has 3 atom stereocenters. The second-order valence-electron chi connectivity index (χ2n) is 8.92. The molecule has 1 aromatic carbocycles. The monoisotopic (exact) mass is 697 g/mol. The summed E-state index contributed by atoms with van der Waals surface area (Å²) >= 11 is 3.47. The van der Waals surface area contributed by atoms with Gasteiger partial charge in [-0.1, -0.05) is 19.9 Å². The van der Waals surface area contributed by atoms with Gasteiger partial charge in [0, 0.05) is 29.9 Å². The second-order valence-corrected chi connectivity index (χ2v) is 11.8. The first-order valence-electron chi connectivity index (χ1n) is 12.5. The van der Waals surface area contributed by atoms with Gasteiger partial charge in [-0.3, -0.25) is 9.13 Å². The van der Waals surface area contributed by atoms with E-state index in [1.165, 1.54) is 22.2 Å². The van der Waals surface area contributed by atoms with E-state index < -0.39 is 36.4 Å². The second kappa shape index (κ2) is 12.9. The van der Waals surface area contributed by atoms with Crippen LogP contribution >= 0.6 is 40.2 Å². The van der Waals surface area contributed by atoms with Crippen LogP contribution in [0, 0.1) is 5.92 Å². The first-order valence-corrected chi connectivity index (χ1v) is 17.8. The molecule has 0 radical (unpaired) electrons. The minimum Gasteiger partial charge on any atom is -0.381 e.